The molecule has 136 valence electrons. The van der Waals surface area contributed by atoms with Crippen molar-refractivity contribution in [3.8, 4) is 22.6 Å². The highest BCUT2D eigenvalue weighted by molar-refractivity contribution is 5.70. The Hall–Kier alpha value is -3.09. The Bertz CT molecular complexity index is 920. The minimum Gasteiger partial charge on any atom is -0.496 e. The first-order valence-electron chi connectivity index (χ1n) is 8.18. The maximum Gasteiger partial charge on any atom is 0.166 e. The molecular formula is C19H21FN4O2. The van der Waals surface area contributed by atoms with Gasteiger partial charge in [-0.05, 0) is 45.0 Å². The number of aromatic nitrogens is 3. The number of nitrogens with one attached hydrogen (secondary N) is 1. The average Bonchev–Trinajstić information content (AvgIpc) is 2.95. The van der Waals surface area contributed by atoms with E-state index in [1.54, 1.807) is 19.2 Å². The number of ether oxygens (including phenoxy) is 2. The molecule has 0 bridgehead atoms. The lowest BCUT2D eigenvalue weighted by Gasteiger charge is -2.19. The van der Waals surface area contributed by atoms with Crippen LogP contribution in [0.25, 0.3) is 11.1 Å². The lowest BCUT2D eigenvalue weighted by atomic mass is 10.1. The molecule has 7 heteroatoms. The Kier molecular flexibility index (Phi) is 4.79. The number of hydrogen-bond donors (Lipinski definition) is 2. The fourth-order valence-electron chi connectivity index (χ4n) is 2.94. The molecular weight excluding hydrogens is 335 g/mol. The van der Waals surface area contributed by atoms with Gasteiger partial charge in [0, 0.05) is 28.6 Å². The summed E-state index contributed by atoms with van der Waals surface area (Å²) in [5.74, 6) is 0.861. The van der Waals surface area contributed by atoms with E-state index in [9.17, 15) is 4.39 Å². The highest BCUT2D eigenvalue weighted by Crippen LogP contribution is 2.34. The van der Waals surface area contributed by atoms with Crippen LogP contribution in [0.1, 0.15) is 30.0 Å². The molecule has 0 spiro atoms. The van der Waals surface area contributed by atoms with E-state index in [1.807, 2.05) is 19.9 Å². The van der Waals surface area contributed by atoms with Gasteiger partial charge in [-0.3, -0.25) is 5.10 Å². The van der Waals surface area contributed by atoms with Crippen molar-refractivity contribution < 1.29 is 13.9 Å². The summed E-state index contributed by atoms with van der Waals surface area (Å²) in [6.07, 6.45) is 1.20. The third kappa shape index (κ3) is 3.33. The first kappa shape index (κ1) is 17.7. The topological polar surface area (TPSA) is 86.0 Å². The summed E-state index contributed by atoms with van der Waals surface area (Å²) in [4.78, 5) is 4.23. The zero-order valence-corrected chi connectivity index (χ0v) is 15.1. The van der Waals surface area contributed by atoms with E-state index in [-0.39, 0.29) is 11.6 Å². The number of halogens is 1. The summed E-state index contributed by atoms with van der Waals surface area (Å²) in [6.45, 7) is 5.65. The number of nitrogens with two attached hydrogens (primary N) is 1. The first-order chi connectivity index (χ1) is 12.4. The van der Waals surface area contributed by atoms with E-state index in [0.717, 1.165) is 22.5 Å². The van der Waals surface area contributed by atoms with Gasteiger partial charge >= 0.3 is 0 Å². The first-order valence-corrected chi connectivity index (χ1v) is 8.18. The van der Waals surface area contributed by atoms with Crippen molar-refractivity contribution in [3.05, 3.63) is 53.2 Å². The van der Waals surface area contributed by atoms with Gasteiger partial charge in [-0.1, -0.05) is 0 Å². The molecule has 2 aromatic heterocycles. The Balaban J connectivity index is 1.95. The monoisotopic (exact) mass is 356 g/mol. The maximum absolute atomic E-state index is 13.6. The van der Waals surface area contributed by atoms with Crippen molar-refractivity contribution in [1.82, 2.24) is 15.2 Å². The number of hydrogen-bond acceptors (Lipinski definition) is 5. The zero-order chi connectivity index (χ0) is 18.8. The highest BCUT2D eigenvalue weighted by Gasteiger charge is 2.18. The molecule has 0 radical (unpaired) electrons. The molecule has 1 atom stereocenters. The Morgan fingerprint density at radius 3 is 2.62 bits per heavy atom. The van der Waals surface area contributed by atoms with Gasteiger partial charge < -0.3 is 15.2 Å². The van der Waals surface area contributed by atoms with Gasteiger partial charge in [0.2, 0.25) is 0 Å². The number of rotatable bonds is 5. The number of pyridine rings is 1. The quantitative estimate of drug-likeness (QED) is 0.723. The number of methoxy groups -OCH3 is 1. The summed E-state index contributed by atoms with van der Waals surface area (Å²) >= 11 is 0. The van der Waals surface area contributed by atoms with Crippen LogP contribution in [-0.4, -0.2) is 22.3 Å². The third-order valence-corrected chi connectivity index (χ3v) is 4.23. The Labute approximate surface area is 151 Å². The van der Waals surface area contributed by atoms with Crippen LogP contribution in [0.4, 0.5) is 10.2 Å². The second-order valence-electron chi connectivity index (χ2n) is 6.06. The number of H-pyrrole nitrogens is 1. The molecule has 0 aliphatic rings. The van der Waals surface area contributed by atoms with Gasteiger partial charge in [0.15, 0.2) is 11.6 Å². The second kappa shape index (κ2) is 7.03. The Morgan fingerprint density at radius 1 is 1.19 bits per heavy atom. The summed E-state index contributed by atoms with van der Waals surface area (Å²) < 4.78 is 24.9. The van der Waals surface area contributed by atoms with Crippen LogP contribution in [-0.2, 0) is 0 Å². The highest BCUT2D eigenvalue weighted by atomic mass is 19.1. The standard InChI is InChI=1S/C19H21FN4O2/c1-10-18(11(2)24-23-10)13-7-17(19(21)22-9-13)26-12(3)15-8-14(20)5-6-16(15)25-4/h5-9,12H,1-4H3,(H2,21,22)(H,23,24). The molecule has 1 aromatic carbocycles. The number of nitrogens with zero attached hydrogens (tertiary/aromatic N) is 2. The van der Waals surface area contributed by atoms with E-state index in [4.69, 9.17) is 15.2 Å². The number of benzene rings is 1. The molecule has 0 saturated carbocycles. The summed E-state index contributed by atoms with van der Waals surface area (Å²) in [6, 6.07) is 6.12. The minimum absolute atomic E-state index is 0.259. The molecule has 3 rings (SSSR count). The summed E-state index contributed by atoms with van der Waals surface area (Å²) in [5, 5.41) is 7.15. The largest absolute Gasteiger partial charge is 0.496 e. The van der Waals surface area contributed by atoms with Crippen molar-refractivity contribution in [2.75, 3.05) is 12.8 Å². The molecule has 3 aromatic rings. The predicted octanol–water partition coefficient (Wildman–Crippen LogP) is 3.96. The van der Waals surface area contributed by atoms with Crippen LogP contribution in [0.15, 0.2) is 30.5 Å². The van der Waals surface area contributed by atoms with Crippen LogP contribution in [0, 0.1) is 19.7 Å². The van der Waals surface area contributed by atoms with E-state index in [2.05, 4.69) is 15.2 Å². The lowest BCUT2D eigenvalue weighted by molar-refractivity contribution is 0.221. The predicted molar refractivity (Wildman–Crippen MR) is 97.7 cm³/mol. The maximum atomic E-state index is 13.6. The molecule has 26 heavy (non-hydrogen) atoms. The Morgan fingerprint density at radius 2 is 1.96 bits per heavy atom. The van der Waals surface area contributed by atoms with Gasteiger partial charge in [-0.2, -0.15) is 5.10 Å². The van der Waals surface area contributed by atoms with E-state index >= 15 is 0 Å². The number of aryl methyl sites for hydroxylation is 2. The fourth-order valence-corrected chi connectivity index (χ4v) is 2.94. The van der Waals surface area contributed by atoms with Crippen molar-refractivity contribution in [3.63, 3.8) is 0 Å². The van der Waals surface area contributed by atoms with E-state index < -0.39 is 6.10 Å². The van der Waals surface area contributed by atoms with Crippen LogP contribution in [0.3, 0.4) is 0 Å². The number of anilines is 1. The second-order valence-corrected chi connectivity index (χ2v) is 6.06. The summed E-state index contributed by atoms with van der Waals surface area (Å²) in [7, 11) is 1.53. The molecule has 6 nitrogen and oxygen atoms in total. The molecule has 0 aliphatic heterocycles. The molecule has 2 heterocycles. The average molecular weight is 356 g/mol. The van der Waals surface area contributed by atoms with Crippen molar-refractivity contribution >= 4 is 5.82 Å². The fraction of sp³-hybridized carbons (Fsp3) is 0.263. The smallest absolute Gasteiger partial charge is 0.166 e. The van der Waals surface area contributed by atoms with Crippen LogP contribution >= 0.6 is 0 Å². The number of aromatic amines is 1. The van der Waals surface area contributed by atoms with Crippen molar-refractivity contribution in [1.29, 1.82) is 0 Å². The lowest BCUT2D eigenvalue weighted by Crippen LogP contribution is -2.08. The van der Waals surface area contributed by atoms with Crippen LogP contribution in [0.5, 0.6) is 11.5 Å². The van der Waals surface area contributed by atoms with Crippen molar-refractivity contribution in [2.24, 2.45) is 0 Å². The van der Waals surface area contributed by atoms with Crippen molar-refractivity contribution in [2.45, 2.75) is 26.9 Å². The molecule has 0 amide bonds. The summed E-state index contributed by atoms with van der Waals surface area (Å²) in [5.41, 5.74) is 10.2. The third-order valence-electron chi connectivity index (χ3n) is 4.23. The minimum atomic E-state index is -0.480. The zero-order valence-electron chi connectivity index (χ0n) is 15.1. The van der Waals surface area contributed by atoms with Crippen LogP contribution < -0.4 is 15.2 Å². The van der Waals surface area contributed by atoms with Gasteiger partial charge in [0.25, 0.3) is 0 Å². The molecule has 0 aliphatic carbocycles. The molecule has 3 N–H and O–H groups in total. The number of nitrogen functional groups attached to an aromatic ring is 1. The van der Waals surface area contributed by atoms with E-state index in [1.165, 1.54) is 19.2 Å². The van der Waals surface area contributed by atoms with Gasteiger partial charge in [-0.25, -0.2) is 9.37 Å². The van der Waals surface area contributed by atoms with E-state index in [0.29, 0.717) is 17.1 Å². The molecule has 0 saturated heterocycles. The van der Waals surface area contributed by atoms with Crippen LogP contribution in [0.2, 0.25) is 0 Å². The van der Waals surface area contributed by atoms with Gasteiger partial charge in [-0.15, -0.1) is 0 Å². The SMILES string of the molecule is COc1ccc(F)cc1C(C)Oc1cc(-c2c(C)n[nH]c2C)cnc1N. The normalized spacial score (nSPS) is 12.0. The van der Waals surface area contributed by atoms with Gasteiger partial charge in [0.05, 0.1) is 12.8 Å². The molecule has 0 fully saturated rings. The van der Waals surface area contributed by atoms with Gasteiger partial charge in [0.1, 0.15) is 17.7 Å². The molecule has 1 unspecified atom stereocenters.